The molecule has 1 saturated heterocycles. The van der Waals surface area contributed by atoms with Gasteiger partial charge >= 0.3 is 0 Å². The van der Waals surface area contributed by atoms with Gasteiger partial charge < -0.3 is 9.80 Å². The molecule has 1 aromatic carbocycles. The third-order valence-electron chi connectivity index (χ3n) is 4.17. The zero-order valence-corrected chi connectivity index (χ0v) is 10.8. The highest BCUT2D eigenvalue weighted by molar-refractivity contribution is 6.10. The lowest BCUT2D eigenvalue weighted by molar-refractivity contribution is -0.127. The van der Waals surface area contributed by atoms with Gasteiger partial charge in [0.05, 0.1) is 17.4 Å². The molecule has 0 aromatic heterocycles. The van der Waals surface area contributed by atoms with Crippen molar-refractivity contribution in [2.24, 2.45) is 0 Å². The predicted molar refractivity (Wildman–Crippen MR) is 69.4 cm³/mol. The van der Waals surface area contributed by atoms with Gasteiger partial charge in [0, 0.05) is 13.5 Å². The number of carbonyl (C=O) groups excluding carboxylic acids is 1. The molecule has 4 nitrogen and oxygen atoms in total. The van der Waals surface area contributed by atoms with E-state index in [0.717, 1.165) is 11.4 Å². The van der Waals surface area contributed by atoms with Crippen LogP contribution in [0.15, 0.2) is 24.3 Å². The summed E-state index contributed by atoms with van der Waals surface area (Å²) < 4.78 is 0. The number of fused-ring (bicyclic) bond motifs is 3. The first-order valence-corrected chi connectivity index (χ1v) is 6.03. The monoisotopic (exact) mass is 241 g/mol. The van der Waals surface area contributed by atoms with Gasteiger partial charge in [-0.05, 0) is 26.0 Å². The van der Waals surface area contributed by atoms with Crippen molar-refractivity contribution >= 4 is 17.3 Å². The molecule has 2 aliphatic heterocycles. The molecule has 0 N–H and O–H groups in total. The van der Waals surface area contributed by atoms with Crippen molar-refractivity contribution in [3.05, 3.63) is 24.3 Å². The van der Waals surface area contributed by atoms with Gasteiger partial charge in [-0.2, -0.15) is 5.26 Å². The maximum absolute atomic E-state index is 12.4. The molecule has 2 atom stereocenters. The number of benzene rings is 1. The summed E-state index contributed by atoms with van der Waals surface area (Å²) in [6, 6.07) is 10.1. The van der Waals surface area contributed by atoms with Crippen molar-refractivity contribution in [2.75, 3.05) is 16.8 Å². The van der Waals surface area contributed by atoms with Crippen molar-refractivity contribution in [1.29, 1.82) is 5.26 Å². The van der Waals surface area contributed by atoms with Crippen LogP contribution in [0.3, 0.4) is 0 Å². The molecule has 92 valence electrons. The number of likely N-dealkylation sites (N-methyl/N-ethyl adjacent to an activating group) is 1. The Morgan fingerprint density at radius 3 is 2.50 bits per heavy atom. The van der Waals surface area contributed by atoms with Crippen molar-refractivity contribution < 1.29 is 4.79 Å². The Morgan fingerprint density at radius 1 is 1.28 bits per heavy atom. The van der Waals surface area contributed by atoms with Crippen molar-refractivity contribution in [3.8, 4) is 6.07 Å². The highest BCUT2D eigenvalue weighted by Gasteiger charge is 2.64. The van der Waals surface area contributed by atoms with E-state index in [9.17, 15) is 10.1 Å². The normalized spacial score (nSPS) is 33.3. The van der Waals surface area contributed by atoms with E-state index >= 15 is 0 Å². The lowest BCUT2D eigenvalue weighted by Gasteiger charge is -2.63. The number of nitriles is 1. The van der Waals surface area contributed by atoms with Gasteiger partial charge in [-0.3, -0.25) is 4.79 Å². The second-order valence-electron chi connectivity index (χ2n) is 5.52. The van der Waals surface area contributed by atoms with E-state index in [0.29, 0.717) is 6.42 Å². The molecule has 18 heavy (non-hydrogen) atoms. The quantitative estimate of drug-likeness (QED) is 0.697. The number of hydrogen-bond donors (Lipinski definition) is 0. The molecule has 2 aliphatic rings. The summed E-state index contributed by atoms with van der Waals surface area (Å²) in [5, 5.41) is 9.36. The van der Waals surface area contributed by atoms with Crippen LogP contribution in [-0.4, -0.2) is 24.0 Å². The van der Waals surface area contributed by atoms with Gasteiger partial charge in [-0.25, -0.2) is 0 Å². The fourth-order valence-electron chi connectivity index (χ4n) is 3.48. The van der Waals surface area contributed by atoms with E-state index in [2.05, 4.69) is 6.07 Å². The zero-order valence-electron chi connectivity index (χ0n) is 10.8. The van der Waals surface area contributed by atoms with Crippen molar-refractivity contribution in [2.45, 2.75) is 31.3 Å². The molecule has 2 heterocycles. The summed E-state index contributed by atoms with van der Waals surface area (Å²) in [5.74, 6) is 0.0638. The first-order chi connectivity index (χ1) is 8.44. The number of rotatable bonds is 0. The topological polar surface area (TPSA) is 47.3 Å². The Bertz CT molecular complexity index is 591. The first-order valence-electron chi connectivity index (χ1n) is 6.03. The Labute approximate surface area is 106 Å². The van der Waals surface area contributed by atoms with Crippen molar-refractivity contribution in [1.82, 2.24) is 0 Å². The molecule has 1 amide bonds. The van der Waals surface area contributed by atoms with E-state index in [1.165, 1.54) is 0 Å². The fraction of sp³-hybridized carbons (Fsp3) is 0.429. The molecule has 1 fully saturated rings. The number of anilines is 2. The Balaban J connectivity index is 2.24. The highest BCUT2D eigenvalue weighted by atomic mass is 16.2. The summed E-state index contributed by atoms with van der Waals surface area (Å²) in [7, 11) is 1.80. The van der Waals surface area contributed by atoms with E-state index in [1.54, 1.807) is 11.9 Å². The predicted octanol–water partition coefficient (Wildman–Crippen LogP) is 1.91. The van der Waals surface area contributed by atoms with E-state index in [1.807, 2.05) is 43.0 Å². The Kier molecular flexibility index (Phi) is 1.88. The number of nitrogens with zero attached hydrogens (tertiary/aromatic N) is 3. The molecular weight excluding hydrogens is 226 g/mol. The van der Waals surface area contributed by atoms with Crippen LogP contribution in [0, 0.1) is 11.3 Å². The molecule has 0 radical (unpaired) electrons. The Hall–Kier alpha value is -2.02. The SMILES string of the molecule is CN1C(=O)[C@@]2(C)C[C@@](C)(C#N)N2c2ccccc21. The molecule has 3 rings (SSSR count). The summed E-state index contributed by atoms with van der Waals surface area (Å²) in [6.07, 6.45) is 0.577. The van der Waals surface area contributed by atoms with Crippen LogP contribution in [0.4, 0.5) is 11.4 Å². The van der Waals surface area contributed by atoms with Gasteiger partial charge in [-0.1, -0.05) is 12.1 Å². The first kappa shape index (κ1) is 11.1. The third kappa shape index (κ3) is 1.02. The molecule has 1 aromatic rings. The summed E-state index contributed by atoms with van der Waals surface area (Å²) in [6.45, 7) is 3.81. The van der Waals surface area contributed by atoms with Gasteiger partial charge in [0.25, 0.3) is 5.91 Å². The van der Waals surface area contributed by atoms with Crippen LogP contribution in [0.25, 0.3) is 0 Å². The van der Waals surface area contributed by atoms with Gasteiger partial charge in [-0.15, -0.1) is 0 Å². The highest BCUT2D eigenvalue weighted by Crippen LogP contribution is 2.54. The molecule has 0 unspecified atom stereocenters. The van der Waals surface area contributed by atoms with Gasteiger partial charge in [0.15, 0.2) is 0 Å². The average molecular weight is 241 g/mol. The third-order valence-corrected chi connectivity index (χ3v) is 4.17. The summed E-state index contributed by atoms with van der Waals surface area (Å²) in [4.78, 5) is 16.1. The average Bonchev–Trinajstić information content (AvgIpc) is 2.35. The number of para-hydroxylation sites is 2. The van der Waals surface area contributed by atoms with Crippen LogP contribution in [0.5, 0.6) is 0 Å². The van der Waals surface area contributed by atoms with E-state index < -0.39 is 11.1 Å². The zero-order chi connectivity index (χ0) is 13.1. The van der Waals surface area contributed by atoms with Crippen LogP contribution >= 0.6 is 0 Å². The standard InChI is InChI=1S/C14H15N3O/c1-13(9-15)8-14(2)12(18)16(3)10-6-4-5-7-11(10)17(13)14/h4-7H,8H2,1-3H3/t13-,14+/m0/s1. The number of hydrogen-bond acceptors (Lipinski definition) is 3. The summed E-state index contributed by atoms with van der Waals surface area (Å²) in [5.41, 5.74) is 0.688. The minimum absolute atomic E-state index is 0.0638. The fourth-order valence-corrected chi connectivity index (χ4v) is 3.48. The van der Waals surface area contributed by atoms with E-state index in [4.69, 9.17) is 0 Å². The Morgan fingerprint density at radius 2 is 1.89 bits per heavy atom. The minimum atomic E-state index is -0.582. The lowest BCUT2D eigenvalue weighted by Crippen LogP contribution is -2.78. The molecule has 0 bridgehead atoms. The number of carbonyl (C=O) groups is 1. The van der Waals surface area contributed by atoms with Crippen LogP contribution in [0.2, 0.25) is 0 Å². The van der Waals surface area contributed by atoms with Gasteiger partial charge in [0.2, 0.25) is 0 Å². The second kappa shape index (κ2) is 3.05. The molecule has 0 saturated carbocycles. The molecule has 0 aliphatic carbocycles. The van der Waals surface area contributed by atoms with E-state index in [-0.39, 0.29) is 5.91 Å². The molecule has 0 spiro atoms. The molecular formula is C14H15N3O. The lowest BCUT2D eigenvalue weighted by atomic mass is 9.68. The maximum Gasteiger partial charge on any atom is 0.252 e. The van der Waals surface area contributed by atoms with Crippen LogP contribution in [0.1, 0.15) is 20.3 Å². The van der Waals surface area contributed by atoms with Crippen molar-refractivity contribution in [3.63, 3.8) is 0 Å². The second-order valence-corrected chi connectivity index (χ2v) is 5.52. The summed E-state index contributed by atoms with van der Waals surface area (Å²) >= 11 is 0. The van der Waals surface area contributed by atoms with Crippen LogP contribution < -0.4 is 9.80 Å². The van der Waals surface area contributed by atoms with Crippen LogP contribution in [-0.2, 0) is 4.79 Å². The number of amides is 1. The smallest absolute Gasteiger partial charge is 0.252 e. The molecule has 4 heteroatoms. The van der Waals surface area contributed by atoms with Gasteiger partial charge in [0.1, 0.15) is 11.1 Å². The maximum atomic E-state index is 12.4. The minimum Gasteiger partial charge on any atom is -0.337 e. The largest absolute Gasteiger partial charge is 0.337 e.